The van der Waals surface area contributed by atoms with Crippen LogP contribution in [0.15, 0.2) is 61.1 Å². The Kier molecular flexibility index (Phi) is 5.21. The summed E-state index contributed by atoms with van der Waals surface area (Å²) in [6, 6.07) is 11.6. The first-order chi connectivity index (χ1) is 16.0. The summed E-state index contributed by atoms with van der Waals surface area (Å²) < 4.78 is 5.21. The highest BCUT2D eigenvalue weighted by molar-refractivity contribution is 6.11. The van der Waals surface area contributed by atoms with Gasteiger partial charge in [0.1, 0.15) is 17.5 Å². The standard InChI is InChI=1S/C24H21N5O4/c1-33-16-5-2-14(3-6-16)15-4-7-18-17(12-15)24(32)29-11-8-19(21(29)23(31)27-18)28-22(30)20-13-25-9-10-26-20/h2-7,9-10,12-13,19,21H,8,11H2,1H3,(H,27,31)(H,28,30)/t19-,21-/m0/s1. The highest BCUT2D eigenvalue weighted by Gasteiger charge is 2.45. The molecule has 9 heteroatoms. The molecule has 2 N–H and O–H groups in total. The highest BCUT2D eigenvalue weighted by atomic mass is 16.5. The maximum Gasteiger partial charge on any atom is 0.271 e. The second kappa shape index (κ2) is 8.34. The molecule has 0 aliphatic carbocycles. The summed E-state index contributed by atoms with van der Waals surface area (Å²) >= 11 is 0. The van der Waals surface area contributed by atoms with E-state index in [1.807, 2.05) is 30.3 Å². The summed E-state index contributed by atoms with van der Waals surface area (Å²) in [5, 5.41) is 5.70. The van der Waals surface area contributed by atoms with Crippen molar-refractivity contribution >= 4 is 23.4 Å². The first-order valence-electron chi connectivity index (χ1n) is 10.5. The molecule has 2 aromatic carbocycles. The van der Waals surface area contributed by atoms with E-state index in [-0.39, 0.29) is 17.5 Å². The molecular formula is C24H21N5O4. The van der Waals surface area contributed by atoms with Gasteiger partial charge in [-0.25, -0.2) is 4.98 Å². The van der Waals surface area contributed by atoms with Crippen molar-refractivity contribution in [3.63, 3.8) is 0 Å². The fourth-order valence-corrected chi connectivity index (χ4v) is 4.31. The summed E-state index contributed by atoms with van der Waals surface area (Å²) in [4.78, 5) is 48.5. The lowest BCUT2D eigenvalue weighted by atomic mass is 10.0. The van der Waals surface area contributed by atoms with Gasteiger partial charge < -0.3 is 20.3 Å². The van der Waals surface area contributed by atoms with Crippen LogP contribution >= 0.6 is 0 Å². The van der Waals surface area contributed by atoms with Crippen molar-refractivity contribution < 1.29 is 19.1 Å². The summed E-state index contributed by atoms with van der Waals surface area (Å²) in [6.45, 7) is 0.356. The van der Waals surface area contributed by atoms with E-state index < -0.39 is 18.0 Å². The molecule has 0 spiro atoms. The number of hydrogen-bond donors (Lipinski definition) is 2. The third-order valence-electron chi connectivity index (χ3n) is 5.97. The van der Waals surface area contributed by atoms with Crippen molar-refractivity contribution in [2.75, 3.05) is 19.0 Å². The predicted octanol–water partition coefficient (Wildman–Crippen LogP) is 2.12. The van der Waals surface area contributed by atoms with Crippen molar-refractivity contribution in [2.45, 2.75) is 18.5 Å². The van der Waals surface area contributed by atoms with E-state index in [1.54, 1.807) is 19.2 Å². The normalized spacial score (nSPS) is 19.2. The molecule has 0 unspecified atom stereocenters. The van der Waals surface area contributed by atoms with Gasteiger partial charge in [0.25, 0.3) is 11.8 Å². The van der Waals surface area contributed by atoms with Crippen LogP contribution in [-0.4, -0.2) is 58.3 Å². The Morgan fingerprint density at radius 1 is 1.12 bits per heavy atom. The molecule has 3 heterocycles. The summed E-state index contributed by atoms with van der Waals surface area (Å²) in [6.07, 6.45) is 4.72. The fraction of sp³-hybridized carbons (Fsp3) is 0.208. The van der Waals surface area contributed by atoms with Crippen LogP contribution in [0.3, 0.4) is 0 Å². The second-order valence-electron chi connectivity index (χ2n) is 7.88. The van der Waals surface area contributed by atoms with Gasteiger partial charge in [-0.3, -0.25) is 19.4 Å². The maximum absolute atomic E-state index is 13.4. The van der Waals surface area contributed by atoms with Gasteiger partial charge in [-0.2, -0.15) is 0 Å². The lowest BCUT2D eigenvalue weighted by Crippen LogP contribution is -2.51. The Morgan fingerprint density at radius 2 is 1.91 bits per heavy atom. The molecule has 33 heavy (non-hydrogen) atoms. The Labute approximate surface area is 189 Å². The van der Waals surface area contributed by atoms with E-state index in [9.17, 15) is 14.4 Å². The minimum Gasteiger partial charge on any atom is -0.497 e. The van der Waals surface area contributed by atoms with E-state index in [0.29, 0.717) is 24.2 Å². The van der Waals surface area contributed by atoms with Crippen molar-refractivity contribution in [2.24, 2.45) is 0 Å². The molecule has 1 aromatic heterocycles. The van der Waals surface area contributed by atoms with Crippen LogP contribution in [-0.2, 0) is 4.79 Å². The van der Waals surface area contributed by atoms with Gasteiger partial charge in [0, 0.05) is 18.9 Å². The number of carbonyl (C=O) groups excluding carboxylic acids is 3. The van der Waals surface area contributed by atoms with Crippen LogP contribution < -0.4 is 15.4 Å². The molecule has 0 radical (unpaired) electrons. The SMILES string of the molecule is COc1ccc(-c2ccc3c(c2)C(=O)N2CC[C@H](NC(=O)c4cnccn4)[C@H]2C(=O)N3)cc1. The van der Waals surface area contributed by atoms with E-state index in [4.69, 9.17) is 4.74 Å². The van der Waals surface area contributed by atoms with E-state index in [2.05, 4.69) is 20.6 Å². The number of anilines is 1. The molecule has 2 atom stereocenters. The lowest BCUT2D eigenvalue weighted by Gasteiger charge is -2.24. The van der Waals surface area contributed by atoms with Crippen molar-refractivity contribution in [1.82, 2.24) is 20.2 Å². The van der Waals surface area contributed by atoms with Crippen LogP contribution in [0, 0.1) is 0 Å². The van der Waals surface area contributed by atoms with Crippen molar-refractivity contribution in [3.8, 4) is 16.9 Å². The zero-order chi connectivity index (χ0) is 22.9. The van der Waals surface area contributed by atoms with Crippen LogP contribution in [0.5, 0.6) is 5.75 Å². The molecule has 2 aliphatic rings. The van der Waals surface area contributed by atoms with Gasteiger partial charge in [-0.05, 0) is 41.8 Å². The molecule has 9 nitrogen and oxygen atoms in total. The van der Waals surface area contributed by atoms with Gasteiger partial charge in [0.15, 0.2) is 0 Å². The van der Waals surface area contributed by atoms with Gasteiger partial charge in [-0.15, -0.1) is 0 Å². The van der Waals surface area contributed by atoms with E-state index >= 15 is 0 Å². The first-order valence-corrected chi connectivity index (χ1v) is 10.5. The first kappa shape index (κ1) is 20.6. The molecule has 0 bridgehead atoms. The molecular weight excluding hydrogens is 422 g/mol. The van der Waals surface area contributed by atoms with Crippen LogP contribution in [0.1, 0.15) is 27.3 Å². The number of nitrogens with zero attached hydrogens (tertiary/aromatic N) is 3. The lowest BCUT2D eigenvalue weighted by molar-refractivity contribution is -0.120. The van der Waals surface area contributed by atoms with Crippen LogP contribution in [0.2, 0.25) is 0 Å². The summed E-state index contributed by atoms with van der Waals surface area (Å²) in [5.41, 5.74) is 2.80. The average molecular weight is 443 g/mol. The number of fused-ring (bicyclic) bond motifs is 2. The Balaban J connectivity index is 1.41. The number of carbonyl (C=O) groups is 3. The molecule has 5 rings (SSSR count). The zero-order valence-electron chi connectivity index (χ0n) is 17.8. The van der Waals surface area contributed by atoms with Crippen molar-refractivity contribution in [1.29, 1.82) is 0 Å². The zero-order valence-corrected chi connectivity index (χ0v) is 17.8. The summed E-state index contributed by atoms with van der Waals surface area (Å²) in [5.74, 6) is -0.272. The average Bonchev–Trinajstić information content (AvgIpc) is 3.23. The van der Waals surface area contributed by atoms with Crippen molar-refractivity contribution in [3.05, 3.63) is 72.3 Å². The molecule has 3 amide bonds. The minimum atomic E-state index is -0.810. The maximum atomic E-state index is 13.4. The quantitative estimate of drug-likeness (QED) is 0.639. The number of amides is 3. The van der Waals surface area contributed by atoms with E-state index in [1.165, 1.54) is 23.5 Å². The largest absolute Gasteiger partial charge is 0.497 e. The molecule has 2 aliphatic heterocycles. The third kappa shape index (κ3) is 3.78. The molecule has 1 saturated heterocycles. The van der Waals surface area contributed by atoms with Gasteiger partial charge >= 0.3 is 0 Å². The Bertz CT molecular complexity index is 1230. The molecule has 0 saturated carbocycles. The number of benzene rings is 2. The fourth-order valence-electron chi connectivity index (χ4n) is 4.31. The van der Waals surface area contributed by atoms with Crippen LogP contribution in [0.4, 0.5) is 5.69 Å². The number of ether oxygens (including phenoxy) is 1. The van der Waals surface area contributed by atoms with Crippen LogP contribution in [0.25, 0.3) is 11.1 Å². The highest BCUT2D eigenvalue weighted by Crippen LogP contribution is 2.32. The number of methoxy groups -OCH3 is 1. The summed E-state index contributed by atoms with van der Waals surface area (Å²) in [7, 11) is 1.61. The molecule has 166 valence electrons. The van der Waals surface area contributed by atoms with E-state index in [0.717, 1.165) is 16.9 Å². The topological polar surface area (TPSA) is 114 Å². The van der Waals surface area contributed by atoms with Gasteiger partial charge in [-0.1, -0.05) is 18.2 Å². The molecule has 3 aromatic rings. The number of aromatic nitrogens is 2. The number of rotatable bonds is 4. The number of hydrogen-bond acceptors (Lipinski definition) is 6. The third-order valence-corrected chi connectivity index (χ3v) is 5.97. The second-order valence-corrected chi connectivity index (χ2v) is 7.88. The predicted molar refractivity (Wildman–Crippen MR) is 120 cm³/mol. The molecule has 1 fully saturated rings. The van der Waals surface area contributed by atoms with Gasteiger partial charge in [0.05, 0.1) is 30.6 Å². The Hall–Kier alpha value is -4.27. The number of nitrogens with one attached hydrogen (secondary N) is 2. The smallest absolute Gasteiger partial charge is 0.271 e. The minimum absolute atomic E-state index is 0.156. The monoisotopic (exact) mass is 443 g/mol. The van der Waals surface area contributed by atoms with Gasteiger partial charge in [0.2, 0.25) is 5.91 Å². The Morgan fingerprint density at radius 3 is 2.64 bits per heavy atom.